The van der Waals surface area contributed by atoms with Crippen LogP contribution < -0.4 is 9.47 Å². The molecular formula is C24H18Cl2N2O3. The van der Waals surface area contributed by atoms with Crippen LogP contribution in [0, 0.1) is 6.92 Å². The molecule has 2 aromatic carbocycles. The van der Waals surface area contributed by atoms with Gasteiger partial charge in [0.05, 0.1) is 5.56 Å². The number of allylic oxidation sites excluding steroid dienone is 1. The molecule has 0 unspecified atom stereocenters. The van der Waals surface area contributed by atoms with Crippen LogP contribution in [-0.4, -0.2) is 22.4 Å². The number of hydrogen-bond acceptors (Lipinski definition) is 5. The third-order valence-corrected chi connectivity index (χ3v) is 5.98. The first-order valence-electron chi connectivity index (χ1n) is 9.79. The molecule has 156 valence electrons. The Bertz CT molecular complexity index is 1230. The minimum atomic E-state index is -0.136. The molecule has 3 heterocycles. The summed E-state index contributed by atoms with van der Waals surface area (Å²) in [7, 11) is 0. The van der Waals surface area contributed by atoms with Crippen molar-refractivity contribution in [1.82, 2.24) is 9.88 Å². The maximum absolute atomic E-state index is 13.0. The highest BCUT2D eigenvalue weighted by molar-refractivity contribution is 6.35. The average Bonchev–Trinajstić information content (AvgIpc) is 3.07. The van der Waals surface area contributed by atoms with E-state index >= 15 is 0 Å². The molecule has 0 amide bonds. The van der Waals surface area contributed by atoms with Gasteiger partial charge in [-0.1, -0.05) is 35.3 Å². The third kappa shape index (κ3) is 3.81. The van der Waals surface area contributed by atoms with Gasteiger partial charge in [0, 0.05) is 46.7 Å². The molecule has 2 aliphatic rings. The highest BCUT2D eigenvalue weighted by Crippen LogP contribution is 2.43. The largest absolute Gasteiger partial charge is 0.477 e. The van der Waals surface area contributed by atoms with E-state index in [4.69, 9.17) is 32.7 Å². The number of ether oxygens (including phenoxy) is 2. The fourth-order valence-electron chi connectivity index (χ4n) is 3.90. The van der Waals surface area contributed by atoms with Gasteiger partial charge in [0.2, 0.25) is 5.78 Å². The molecule has 0 saturated heterocycles. The summed E-state index contributed by atoms with van der Waals surface area (Å²) in [4.78, 5) is 19.2. The summed E-state index contributed by atoms with van der Waals surface area (Å²) in [6.45, 7) is 3.58. The molecule has 5 rings (SSSR count). The zero-order valence-electron chi connectivity index (χ0n) is 16.7. The van der Waals surface area contributed by atoms with Crippen molar-refractivity contribution in [1.29, 1.82) is 0 Å². The molecule has 0 saturated carbocycles. The van der Waals surface area contributed by atoms with Crippen LogP contribution in [0.4, 0.5) is 0 Å². The Balaban J connectivity index is 1.42. The molecule has 0 atom stereocenters. The van der Waals surface area contributed by atoms with Crippen LogP contribution in [0.3, 0.4) is 0 Å². The van der Waals surface area contributed by atoms with E-state index in [2.05, 4.69) is 9.88 Å². The third-order valence-electron chi connectivity index (χ3n) is 5.39. The van der Waals surface area contributed by atoms with Crippen molar-refractivity contribution in [2.45, 2.75) is 20.0 Å². The Kier molecular flexibility index (Phi) is 5.18. The number of rotatable bonds is 3. The normalized spacial score (nSPS) is 16.6. The standard InChI is InChI=1S/C24H18Cl2N2O3/c1-14-23-17(12-28(13-30-23)11-16-4-5-18(25)9-20(16)26)8-19-22(29)21(31-24(14)19)7-15-3-2-6-27-10-15/h2-10H,11-13H2,1H3/b21-7-. The topological polar surface area (TPSA) is 51.7 Å². The molecule has 1 aromatic heterocycles. The van der Waals surface area contributed by atoms with E-state index in [0.717, 1.165) is 28.0 Å². The second kappa shape index (κ2) is 8.00. The monoisotopic (exact) mass is 452 g/mol. The summed E-state index contributed by atoms with van der Waals surface area (Å²) in [5, 5.41) is 1.23. The Labute approximate surface area is 189 Å². The summed E-state index contributed by atoms with van der Waals surface area (Å²) in [5.74, 6) is 1.49. The van der Waals surface area contributed by atoms with Gasteiger partial charge in [-0.25, -0.2) is 0 Å². The van der Waals surface area contributed by atoms with Gasteiger partial charge in [-0.2, -0.15) is 0 Å². The van der Waals surface area contributed by atoms with Crippen molar-refractivity contribution in [3.8, 4) is 11.5 Å². The number of carbonyl (C=O) groups excluding carboxylic acids is 1. The number of ketones is 1. The predicted octanol–water partition coefficient (Wildman–Crippen LogP) is 5.67. The van der Waals surface area contributed by atoms with Crippen LogP contribution in [0.1, 0.15) is 32.6 Å². The van der Waals surface area contributed by atoms with Gasteiger partial charge in [0.1, 0.15) is 18.2 Å². The fraction of sp³-hybridized carbons (Fsp3) is 0.167. The van der Waals surface area contributed by atoms with Crippen LogP contribution in [0.15, 0.2) is 54.6 Å². The van der Waals surface area contributed by atoms with Crippen molar-refractivity contribution in [3.63, 3.8) is 0 Å². The molecule has 0 N–H and O–H groups in total. The van der Waals surface area contributed by atoms with Crippen molar-refractivity contribution >= 4 is 35.1 Å². The number of nitrogens with zero attached hydrogens (tertiary/aromatic N) is 2. The van der Waals surface area contributed by atoms with Gasteiger partial charge < -0.3 is 9.47 Å². The number of Topliss-reactive ketones (excluding diaryl/α,β-unsaturated/α-hetero) is 1. The first kappa shape index (κ1) is 20.1. The van der Waals surface area contributed by atoms with E-state index in [0.29, 0.717) is 46.9 Å². The van der Waals surface area contributed by atoms with Crippen molar-refractivity contribution in [2.75, 3.05) is 6.73 Å². The lowest BCUT2D eigenvalue weighted by Crippen LogP contribution is -2.32. The highest BCUT2D eigenvalue weighted by atomic mass is 35.5. The van der Waals surface area contributed by atoms with E-state index in [1.165, 1.54) is 0 Å². The summed E-state index contributed by atoms with van der Waals surface area (Å²) in [5.41, 5.74) is 4.12. The van der Waals surface area contributed by atoms with E-state index in [1.54, 1.807) is 24.5 Å². The summed E-state index contributed by atoms with van der Waals surface area (Å²) in [6, 6.07) is 11.0. The summed E-state index contributed by atoms with van der Waals surface area (Å²) in [6.07, 6.45) is 5.09. The maximum atomic E-state index is 13.0. The van der Waals surface area contributed by atoms with E-state index in [9.17, 15) is 4.79 Å². The van der Waals surface area contributed by atoms with Crippen LogP contribution in [0.5, 0.6) is 11.5 Å². The number of fused-ring (bicyclic) bond motifs is 2. The lowest BCUT2D eigenvalue weighted by atomic mass is 10.00. The van der Waals surface area contributed by atoms with Crippen molar-refractivity contribution in [3.05, 3.63) is 92.4 Å². The highest BCUT2D eigenvalue weighted by Gasteiger charge is 2.33. The van der Waals surface area contributed by atoms with E-state index in [-0.39, 0.29) is 5.78 Å². The molecule has 31 heavy (non-hydrogen) atoms. The van der Waals surface area contributed by atoms with Gasteiger partial charge in [0.15, 0.2) is 5.76 Å². The Morgan fingerprint density at radius 3 is 2.84 bits per heavy atom. The summed E-state index contributed by atoms with van der Waals surface area (Å²) < 4.78 is 12.0. The molecule has 3 aromatic rings. The predicted molar refractivity (Wildman–Crippen MR) is 120 cm³/mol. The van der Waals surface area contributed by atoms with Crippen LogP contribution in [0.2, 0.25) is 10.0 Å². The quantitative estimate of drug-likeness (QED) is 0.479. The van der Waals surface area contributed by atoms with E-state index in [1.807, 2.05) is 37.3 Å². The van der Waals surface area contributed by atoms with Crippen LogP contribution >= 0.6 is 23.2 Å². The molecule has 0 aliphatic carbocycles. The molecule has 2 aliphatic heterocycles. The number of hydrogen-bond donors (Lipinski definition) is 0. The number of carbonyl (C=O) groups is 1. The Morgan fingerprint density at radius 1 is 1.19 bits per heavy atom. The first-order chi connectivity index (χ1) is 15.0. The lowest BCUT2D eigenvalue weighted by molar-refractivity contribution is 0.0877. The maximum Gasteiger partial charge on any atom is 0.231 e. The zero-order chi connectivity index (χ0) is 21.5. The minimum absolute atomic E-state index is 0.136. The number of pyridine rings is 1. The number of aromatic nitrogens is 1. The molecule has 0 spiro atoms. The second-order valence-electron chi connectivity index (χ2n) is 7.59. The SMILES string of the molecule is Cc1c2c(cc3c1O/C(=C\c1cccnc1)C3=O)CN(Cc1ccc(Cl)cc1Cl)CO2. The molecule has 0 radical (unpaired) electrons. The molecule has 7 heteroatoms. The van der Waals surface area contributed by atoms with Crippen LogP contribution in [0.25, 0.3) is 6.08 Å². The van der Waals surface area contributed by atoms with E-state index < -0.39 is 0 Å². The van der Waals surface area contributed by atoms with Gasteiger partial charge in [0.25, 0.3) is 0 Å². The fourth-order valence-corrected chi connectivity index (χ4v) is 4.37. The van der Waals surface area contributed by atoms with Crippen molar-refractivity contribution < 1.29 is 14.3 Å². The molecular weight excluding hydrogens is 435 g/mol. The van der Waals surface area contributed by atoms with Gasteiger partial charge >= 0.3 is 0 Å². The first-order valence-corrected chi connectivity index (χ1v) is 10.5. The number of halogens is 2. The van der Waals surface area contributed by atoms with Crippen LogP contribution in [-0.2, 0) is 13.1 Å². The van der Waals surface area contributed by atoms with Crippen molar-refractivity contribution in [2.24, 2.45) is 0 Å². The zero-order valence-corrected chi connectivity index (χ0v) is 18.2. The number of benzene rings is 2. The average molecular weight is 453 g/mol. The van der Waals surface area contributed by atoms with Gasteiger partial charge in [-0.3, -0.25) is 14.7 Å². The minimum Gasteiger partial charge on any atom is -0.477 e. The smallest absolute Gasteiger partial charge is 0.231 e. The summed E-state index contributed by atoms with van der Waals surface area (Å²) >= 11 is 12.3. The second-order valence-corrected chi connectivity index (χ2v) is 8.43. The molecule has 5 nitrogen and oxygen atoms in total. The van der Waals surface area contributed by atoms with Gasteiger partial charge in [-0.15, -0.1) is 0 Å². The van der Waals surface area contributed by atoms with Gasteiger partial charge in [-0.05, 0) is 48.4 Å². The molecule has 0 bridgehead atoms. The Morgan fingerprint density at radius 2 is 2.06 bits per heavy atom. The lowest BCUT2D eigenvalue weighted by Gasteiger charge is -2.30. The Hall–Kier alpha value is -2.86. The molecule has 0 fully saturated rings.